The fraction of sp³-hybridized carbons (Fsp3) is 0.429. The van der Waals surface area contributed by atoms with Crippen molar-refractivity contribution in [3.8, 4) is 0 Å². The quantitative estimate of drug-likeness (QED) is 0.608. The maximum absolute atomic E-state index is 11.4. The van der Waals surface area contributed by atoms with Crippen molar-refractivity contribution in [1.29, 1.82) is 0 Å². The van der Waals surface area contributed by atoms with E-state index in [1.165, 1.54) is 7.11 Å². The largest absolute Gasteiger partial charge is 0.478 e. The molecule has 8 nitrogen and oxygen atoms in total. The first-order valence-electron chi connectivity index (χ1n) is 4.07. The van der Waals surface area contributed by atoms with Crippen LogP contribution in [0, 0.1) is 0 Å². The van der Waals surface area contributed by atoms with Gasteiger partial charge in [0.25, 0.3) is 0 Å². The van der Waals surface area contributed by atoms with Crippen LogP contribution in [-0.2, 0) is 16.1 Å². The monoisotopic (exact) mass is 214 g/mol. The third kappa shape index (κ3) is 3.02. The molecule has 1 rings (SSSR count). The average molecular weight is 214 g/mol. The van der Waals surface area contributed by atoms with Crippen molar-refractivity contribution in [2.24, 2.45) is 0 Å². The lowest BCUT2D eigenvalue weighted by Crippen LogP contribution is -2.24. The summed E-state index contributed by atoms with van der Waals surface area (Å²) < 4.78 is 6.68. The summed E-state index contributed by atoms with van der Waals surface area (Å²) in [7, 11) is 1.50. The van der Waals surface area contributed by atoms with E-state index in [0.717, 1.165) is 21.6 Å². The Morgan fingerprint density at radius 3 is 2.93 bits per heavy atom. The van der Waals surface area contributed by atoms with Crippen LogP contribution in [0.1, 0.15) is 0 Å². The molecule has 0 amide bonds. The summed E-state index contributed by atoms with van der Waals surface area (Å²) in [6, 6.07) is 0. The molecular formula is C7H10N4O4. The molecule has 0 aliphatic heterocycles. The number of carboxylic acid groups (broad SMARTS) is 1. The molecule has 0 saturated heterocycles. The fourth-order valence-corrected chi connectivity index (χ4v) is 0.832. The Morgan fingerprint density at radius 1 is 1.60 bits per heavy atom. The first-order valence-corrected chi connectivity index (χ1v) is 4.07. The molecule has 0 aliphatic carbocycles. The number of carboxylic acids is 1. The predicted molar refractivity (Wildman–Crippen MR) is 49.1 cm³/mol. The summed E-state index contributed by atoms with van der Waals surface area (Å²) in [5.41, 5.74) is -0.510. The standard InChI is InChI=1S/C7H10N4O4/c1-15-5-4-11-7(14)10(8-9-11)3-2-6(12)13/h2-3H,4-5H2,1H3,(H,12,13)/b3-2+. The molecule has 0 aliphatic rings. The van der Waals surface area contributed by atoms with Crippen LogP contribution in [0.15, 0.2) is 10.9 Å². The molecule has 0 atom stereocenters. The van der Waals surface area contributed by atoms with Gasteiger partial charge in [-0.15, -0.1) is 0 Å². The van der Waals surface area contributed by atoms with E-state index in [-0.39, 0.29) is 6.54 Å². The number of hydrogen-bond acceptors (Lipinski definition) is 5. The van der Waals surface area contributed by atoms with Gasteiger partial charge in [0.1, 0.15) is 0 Å². The van der Waals surface area contributed by atoms with Gasteiger partial charge in [0.15, 0.2) is 0 Å². The highest BCUT2D eigenvalue weighted by molar-refractivity contribution is 5.82. The SMILES string of the molecule is COCCn1nnn(/C=C/C(=O)O)c1=O. The molecule has 0 unspecified atom stereocenters. The Morgan fingerprint density at radius 2 is 2.33 bits per heavy atom. The van der Waals surface area contributed by atoms with Crippen molar-refractivity contribution in [3.05, 3.63) is 16.6 Å². The van der Waals surface area contributed by atoms with E-state index in [2.05, 4.69) is 10.4 Å². The van der Waals surface area contributed by atoms with Gasteiger partial charge in [-0.05, 0) is 10.4 Å². The molecule has 0 radical (unpaired) electrons. The Kier molecular flexibility index (Phi) is 3.75. The van der Waals surface area contributed by atoms with E-state index in [9.17, 15) is 9.59 Å². The lowest BCUT2D eigenvalue weighted by Gasteiger charge is -1.94. The van der Waals surface area contributed by atoms with Crippen molar-refractivity contribution in [2.45, 2.75) is 6.54 Å². The van der Waals surface area contributed by atoms with Crippen molar-refractivity contribution in [2.75, 3.05) is 13.7 Å². The lowest BCUT2D eigenvalue weighted by atomic mass is 10.6. The second-order valence-electron chi connectivity index (χ2n) is 2.58. The Hall–Kier alpha value is -1.96. The highest BCUT2D eigenvalue weighted by Crippen LogP contribution is 1.79. The van der Waals surface area contributed by atoms with Gasteiger partial charge < -0.3 is 9.84 Å². The summed E-state index contributed by atoms with van der Waals surface area (Å²) in [4.78, 5) is 21.6. The van der Waals surface area contributed by atoms with Gasteiger partial charge in [-0.25, -0.2) is 9.59 Å². The molecule has 0 saturated carbocycles. The maximum atomic E-state index is 11.4. The minimum Gasteiger partial charge on any atom is -0.478 e. The van der Waals surface area contributed by atoms with Gasteiger partial charge in [-0.2, -0.15) is 9.36 Å². The van der Waals surface area contributed by atoms with Gasteiger partial charge in [0, 0.05) is 19.4 Å². The first kappa shape index (κ1) is 11.1. The van der Waals surface area contributed by atoms with E-state index in [1.807, 2.05) is 0 Å². The topological polar surface area (TPSA) is 99.2 Å². The average Bonchev–Trinajstić information content (AvgIpc) is 2.54. The zero-order valence-electron chi connectivity index (χ0n) is 8.03. The molecular weight excluding hydrogens is 204 g/mol. The van der Waals surface area contributed by atoms with E-state index in [1.54, 1.807) is 0 Å². The van der Waals surface area contributed by atoms with Crippen LogP contribution in [0.2, 0.25) is 0 Å². The van der Waals surface area contributed by atoms with Crippen LogP contribution in [0.4, 0.5) is 0 Å². The number of aliphatic carboxylic acids is 1. The maximum Gasteiger partial charge on any atom is 0.367 e. The van der Waals surface area contributed by atoms with Crippen molar-refractivity contribution >= 4 is 12.2 Å². The van der Waals surface area contributed by atoms with Crippen LogP contribution in [-0.4, -0.2) is 44.6 Å². The van der Waals surface area contributed by atoms with Gasteiger partial charge in [0.05, 0.1) is 13.2 Å². The third-order valence-corrected chi connectivity index (χ3v) is 1.53. The van der Waals surface area contributed by atoms with Crippen LogP contribution in [0.25, 0.3) is 6.20 Å². The second kappa shape index (κ2) is 5.05. The number of methoxy groups -OCH3 is 1. The minimum absolute atomic E-state index is 0.274. The molecule has 0 aromatic carbocycles. The van der Waals surface area contributed by atoms with Gasteiger partial charge >= 0.3 is 11.7 Å². The third-order valence-electron chi connectivity index (χ3n) is 1.53. The number of hydrogen-bond donors (Lipinski definition) is 1. The smallest absolute Gasteiger partial charge is 0.367 e. The van der Waals surface area contributed by atoms with E-state index in [4.69, 9.17) is 9.84 Å². The van der Waals surface area contributed by atoms with Crippen molar-refractivity contribution < 1.29 is 14.6 Å². The zero-order valence-corrected chi connectivity index (χ0v) is 8.03. The Balaban J connectivity index is 2.80. The highest BCUT2D eigenvalue weighted by Gasteiger charge is 2.03. The van der Waals surface area contributed by atoms with Gasteiger partial charge in [-0.3, -0.25) is 0 Å². The summed E-state index contributed by atoms with van der Waals surface area (Å²) >= 11 is 0. The van der Waals surface area contributed by atoms with E-state index >= 15 is 0 Å². The normalized spacial score (nSPS) is 11.0. The fourth-order valence-electron chi connectivity index (χ4n) is 0.832. The predicted octanol–water partition coefficient (Wildman–Crippen LogP) is -1.36. The summed E-state index contributed by atoms with van der Waals surface area (Å²) in [5, 5.41) is 15.3. The molecule has 0 spiro atoms. The van der Waals surface area contributed by atoms with Gasteiger partial charge in [-0.1, -0.05) is 0 Å². The molecule has 1 N–H and O–H groups in total. The first-order chi connectivity index (χ1) is 7.15. The van der Waals surface area contributed by atoms with Crippen LogP contribution >= 0.6 is 0 Å². The van der Waals surface area contributed by atoms with Crippen molar-refractivity contribution in [3.63, 3.8) is 0 Å². The second-order valence-corrected chi connectivity index (χ2v) is 2.58. The number of ether oxygens (including phenoxy) is 1. The van der Waals surface area contributed by atoms with E-state index < -0.39 is 11.7 Å². The molecule has 0 fully saturated rings. The number of rotatable bonds is 5. The lowest BCUT2D eigenvalue weighted by molar-refractivity contribution is -0.131. The summed E-state index contributed by atoms with van der Waals surface area (Å²) in [5.74, 6) is -1.16. The molecule has 0 bridgehead atoms. The molecule has 1 aromatic heterocycles. The number of tetrazole rings is 1. The molecule has 82 valence electrons. The molecule has 1 heterocycles. The zero-order chi connectivity index (χ0) is 11.3. The van der Waals surface area contributed by atoms with Gasteiger partial charge in [0.2, 0.25) is 0 Å². The number of aromatic nitrogens is 4. The Bertz CT molecular complexity index is 419. The minimum atomic E-state index is -1.16. The van der Waals surface area contributed by atoms with Crippen LogP contribution < -0.4 is 5.69 Å². The molecule has 8 heteroatoms. The van der Waals surface area contributed by atoms with Crippen LogP contribution in [0.3, 0.4) is 0 Å². The Labute approximate surface area is 84.4 Å². The van der Waals surface area contributed by atoms with Crippen molar-refractivity contribution in [1.82, 2.24) is 19.8 Å². The number of carbonyl (C=O) groups is 1. The summed E-state index contributed by atoms with van der Waals surface area (Å²) in [6.45, 7) is 0.609. The summed E-state index contributed by atoms with van der Waals surface area (Å²) in [6.07, 6.45) is 1.83. The van der Waals surface area contributed by atoms with E-state index in [0.29, 0.717) is 6.61 Å². The molecule has 1 aromatic rings. The van der Waals surface area contributed by atoms with Crippen LogP contribution in [0.5, 0.6) is 0 Å². The molecule has 15 heavy (non-hydrogen) atoms. The highest BCUT2D eigenvalue weighted by atomic mass is 16.5. The number of nitrogens with zero attached hydrogens (tertiary/aromatic N) is 4.